The van der Waals surface area contributed by atoms with Crippen molar-refractivity contribution in [3.8, 4) is 5.75 Å². The molecule has 1 aromatic rings. The zero-order valence-corrected chi connectivity index (χ0v) is 14.2. The fourth-order valence-electron chi connectivity index (χ4n) is 2.60. The van der Waals surface area contributed by atoms with E-state index < -0.39 is 5.60 Å². The highest BCUT2D eigenvalue weighted by Crippen LogP contribution is 2.24. The van der Waals surface area contributed by atoms with Gasteiger partial charge in [0.25, 0.3) is 0 Å². The molecule has 1 fully saturated rings. The lowest BCUT2D eigenvalue weighted by atomic mass is 10.2. The normalized spacial score (nSPS) is 18.0. The highest BCUT2D eigenvalue weighted by Gasteiger charge is 2.32. The number of hydrogen-bond donors (Lipinski definition) is 1. The molecule has 0 aliphatic carbocycles. The first-order chi connectivity index (χ1) is 10.8. The standard InChI is InChI=1S/C17H25FN2O3/c1-17(2,3)23-16(21)20-9-5-6-12(20)11-19-15-10-13(22-4)7-8-14(15)18/h7-8,10,12,19H,5-6,9,11H2,1-4H3. The number of halogens is 1. The van der Waals surface area contributed by atoms with Gasteiger partial charge in [-0.25, -0.2) is 9.18 Å². The monoisotopic (exact) mass is 324 g/mol. The number of likely N-dealkylation sites (tertiary alicyclic amines) is 1. The van der Waals surface area contributed by atoms with E-state index in [9.17, 15) is 9.18 Å². The summed E-state index contributed by atoms with van der Waals surface area (Å²) in [6.45, 7) is 6.69. The van der Waals surface area contributed by atoms with Gasteiger partial charge in [-0.15, -0.1) is 0 Å². The van der Waals surface area contributed by atoms with E-state index in [1.54, 1.807) is 17.0 Å². The Balaban J connectivity index is 1.98. The number of carbonyl (C=O) groups is 1. The van der Waals surface area contributed by atoms with Gasteiger partial charge in [-0.05, 0) is 45.7 Å². The summed E-state index contributed by atoms with van der Waals surface area (Å²) in [5.41, 5.74) is -0.142. The minimum Gasteiger partial charge on any atom is -0.497 e. The molecule has 0 radical (unpaired) electrons. The van der Waals surface area contributed by atoms with Gasteiger partial charge in [0, 0.05) is 19.2 Å². The van der Waals surface area contributed by atoms with Crippen LogP contribution in [0.5, 0.6) is 5.75 Å². The molecule has 6 heteroatoms. The predicted molar refractivity (Wildman–Crippen MR) is 87.4 cm³/mol. The maximum atomic E-state index is 13.8. The summed E-state index contributed by atoms with van der Waals surface area (Å²) in [7, 11) is 1.54. The second-order valence-electron chi connectivity index (χ2n) is 6.70. The summed E-state index contributed by atoms with van der Waals surface area (Å²) in [6, 6.07) is 4.54. The fraction of sp³-hybridized carbons (Fsp3) is 0.588. The molecule has 1 heterocycles. The smallest absolute Gasteiger partial charge is 0.410 e. The van der Waals surface area contributed by atoms with E-state index in [2.05, 4.69) is 5.32 Å². The minimum atomic E-state index is -0.517. The summed E-state index contributed by atoms with van der Waals surface area (Å²) >= 11 is 0. The summed E-state index contributed by atoms with van der Waals surface area (Å²) in [6.07, 6.45) is 1.48. The molecule has 1 saturated heterocycles. The molecule has 2 rings (SSSR count). The number of methoxy groups -OCH3 is 1. The van der Waals surface area contributed by atoms with Gasteiger partial charge >= 0.3 is 6.09 Å². The Morgan fingerprint density at radius 3 is 2.83 bits per heavy atom. The second kappa shape index (κ2) is 7.06. The Bertz CT molecular complexity index is 557. The van der Waals surface area contributed by atoms with Crippen molar-refractivity contribution in [1.29, 1.82) is 0 Å². The molecule has 128 valence electrons. The number of nitrogens with one attached hydrogen (secondary N) is 1. The third kappa shape index (κ3) is 4.74. The van der Waals surface area contributed by atoms with Crippen molar-refractivity contribution in [2.45, 2.75) is 45.3 Å². The van der Waals surface area contributed by atoms with Crippen molar-refractivity contribution in [3.05, 3.63) is 24.0 Å². The third-order valence-corrected chi connectivity index (χ3v) is 3.71. The van der Waals surface area contributed by atoms with E-state index in [0.717, 1.165) is 12.8 Å². The van der Waals surface area contributed by atoms with Crippen LogP contribution < -0.4 is 10.1 Å². The van der Waals surface area contributed by atoms with Gasteiger partial charge in [0.15, 0.2) is 0 Å². The van der Waals surface area contributed by atoms with Gasteiger partial charge < -0.3 is 19.7 Å². The van der Waals surface area contributed by atoms with Crippen LogP contribution in [0.15, 0.2) is 18.2 Å². The molecule has 1 atom stereocenters. The minimum absolute atomic E-state index is 0.00421. The van der Waals surface area contributed by atoms with Gasteiger partial charge in [-0.1, -0.05) is 0 Å². The van der Waals surface area contributed by atoms with Gasteiger partial charge in [0.2, 0.25) is 0 Å². The van der Waals surface area contributed by atoms with Crippen LogP contribution in [-0.4, -0.2) is 42.8 Å². The van der Waals surface area contributed by atoms with E-state index in [4.69, 9.17) is 9.47 Å². The lowest BCUT2D eigenvalue weighted by molar-refractivity contribution is 0.0235. The summed E-state index contributed by atoms with van der Waals surface area (Å²) in [5, 5.41) is 3.07. The Labute approximate surface area is 136 Å². The topological polar surface area (TPSA) is 50.8 Å². The second-order valence-corrected chi connectivity index (χ2v) is 6.70. The van der Waals surface area contributed by atoms with Crippen molar-refractivity contribution in [2.24, 2.45) is 0 Å². The average molecular weight is 324 g/mol. The maximum absolute atomic E-state index is 13.8. The molecule has 1 amide bonds. The van der Waals surface area contributed by atoms with E-state index in [-0.39, 0.29) is 18.0 Å². The Morgan fingerprint density at radius 2 is 2.17 bits per heavy atom. The van der Waals surface area contributed by atoms with Crippen LogP contribution in [-0.2, 0) is 4.74 Å². The lowest BCUT2D eigenvalue weighted by Crippen LogP contribution is -2.42. The first kappa shape index (κ1) is 17.4. The molecule has 1 aliphatic heterocycles. The first-order valence-corrected chi connectivity index (χ1v) is 7.87. The van der Waals surface area contributed by atoms with Crippen molar-refractivity contribution in [2.75, 3.05) is 25.5 Å². The maximum Gasteiger partial charge on any atom is 0.410 e. The van der Waals surface area contributed by atoms with E-state index >= 15 is 0 Å². The number of rotatable bonds is 4. The van der Waals surface area contributed by atoms with Crippen molar-refractivity contribution in [3.63, 3.8) is 0 Å². The molecule has 0 spiro atoms. The molecular formula is C17H25FN2O3. The zero-order chi connectivity index (χ0) is 17.0. The summed E-state index contributed by atoms with van der Waals surface area (Å²) < 4.78 is 24.4. The summed E-state index contributed by atoms with van der Waals surface area (Å²) in [5.74, 6) is 0.247. The predicted octanol–water partition coefficient (Wildman–Crippen LogP) is 3.65. The van der Waals surface area contributed by atoms with E-state index in [0.29, 0.717) is 24.5 Å². The van der Waals surface area contributed by atoms with Crippen molar-refractivity contribution in [1.82, 2.24) is 4.90 Å². The molecule has 0 bridgehead atoms. The van der Waals surface area contributed by atoms with Gasteiger partial charge in [0.05, 0.1) is 18.8 Å². The molecular weight excluding hydrogens is 299 g/mol. The van der Waals surface area contributed by atoms with E-state index in [1.807, 2.05) is 20.8 Å². The van der Waals surface area contributed by atoms with Crippen LogP contribution in [0.1, 0.15) is 33.6 Å². The molecule has 23 heavy (non-hydrogen) atoms. The lowest BCUT2D eigenvalue weighted by Gasteiger charge is -2.29. The number of benzene rings is 1. The van der Waals surface area contributed by atoms with Crippen LogP contribution >= 0.6 is 0 Å². The number of anilines is 1. The van der Waals surface area contributed by atoms with Gasteiger partial charge in [0.1, 0.15) is 17.2 Å². The first-order valence-electron chi connectivity index (χ1n) is 7.87. The van der Waals surface area contributed by atoms with Crippen LogP contribution in [0.4, 0.5) is 14.9 Å². The SMILES string of the molecule is COc1ccc(F)c(NCC2CCCN2C(=O)OC(C)(C)C)c1. The molecule has 5 nitrogen and oxygen atoms in total. The Hall–Kier alpha value is -1.98. The quantitative estimate of drug-likeness (QED) is 0.918. The largest absolute Gasteiger partial charge is 0.497 e. The van der Waals surface area contributed by atoms with E-state index in [1.165, 1.54) is 13.2 Å². The van der Waals surface area contributed by atoms with Crippen LogP contribution in [0.25, 0.3) is 0 Å². The molecule has 1 aliphatic rings. The van der Waals surface area contributed by atoms with Crippen LogP contribution in [0, 0.1) is 5.82 Å². The number of hydrogen-bond acceptors (Lipinski definition) is 4. The van der Waals surface area contributed by atoms with Crippen LogP contribution in [0.3, 0.4) is 0 Å². The molecule has 0 saturated carbocycles. The molecule has 1 unspecified atom stereocenters. The fourth-order valence-corrected chi connectivity index (χ4v) is 2.60. The number of carbonyl (C=O) groups excluding carboxylic acids is 1. The highest BCUT2D eigenvalue weighted by molar-refractivity contribution is 5.69. The van der Waals surface area contributed by atoms with Gasteiger partial charge in [-0.2, -0.15) is 0 Å². The number of nitrogens with zero attached hydrogens (tertiary/aromatic N) is 1. The van der Waals surface area contributed by atoms with Gasteiger partial charge in [-0.3, -0.25) is 0 Å². The number of ether oxygens (including phenoxy) is 2. The third-order valence-electron chi connectivity index (χ3n) is 3.71. The average Bonchev–Trinajstić information content (AvgIpc) is 2.93. The molecule has 0 aromatic heterocycles. The number of amides is 1. The molecule has 1 N–H and O–H groups in total. The van der Waals surface area contributed by atoms with Crippen molar-refractivity contribution >= 4 is 11.8 Å². The Morgan fingerprint density at radius 1 is 1.43 bits per heavy atom. The molecule has 1 aromatic carbocycles. The highest BCUT2D eigenvalue weighted by atomic mass is 19.1. The van der Waals surface area contributed by atoms with Crippen LogP contribution in [0.2, 0.25) is 0 Å². The Kier molecular flexibility index (Phi) is 5.34. The van der Waals surface area contributed by atoms with Crippen molar-refractivity contribution < 1.29 is 18.7 Å². The summed E-state index contributed by atoms with van der Waals surface area (Å²) in [4.78, 5) is 14.0. The zero-order valence-electron chi connectivity index (χ0n) is 14.2.